The molecule has 5 rings (SSSR count). The van der Waals surface area contributed by atoms with Gasteiger partial charge >= 0.3 is 0 Å². The van der Waals surface area contributed by atoms with Gasteiger partial charge in [-0.1, -0.05) is 43.4 Å². The molecule has 1 aliphatic carbocycles. The number of hydrogen-bond acceptors (Lipinski definition) is 3. The number of benzene rings is 2. The molecule has 0 unspecified atom stereocenters. The molecule has 3 nitrogen and oxygen atoms in total. The highest BCUT2D eigenvalue weighted by Crippen LogP contribution is 2.47. The lowest BCUT2D eigenvalue weighted by Gasteiger charge is -2.41. The van der Waals surface area contributed by atoms with E-state index in [9.17, 15) is 5.11 Å². The molecule has 0 amide bonds. The standard InChI is InChI=1S/C33H44N2O/c1-5-8-25(6-2)30-15-11-27-21-29(36)14-16-31(27)32(30)26-9-12-28(13-10-26)35-19-17-33(18-20-35)22-24(4)34(7-3)23-33/h5-6,8-10,12-14,16,21,24,30,32,36H,7,11,15,17-20,22-23H2,1-4H3/b8-5-,25-6+/t24-,30+,32-/m0/s1. The van der Waals surface area contributed by atoms with Crippen molar-refractivity contribution >= 4 is 5.69 Å². The third-order valence-corrected chi connectivity index (χ3v) is 9.45. The summed E-state index contributed by atoms with van der Waals surface area (Å²) in [6, 6.07) is 16.2. The Morgan fingerprint density at radius 1 is 1.08 bits per heavy atom. The van der Waals surface area contributed by atoms with Crippen LogP contribution in [0, 0.1) is 11.3 Å². The van der Waals surface area contributed by atoms with Gasteiger partial charge in [0, 0.05) is 37.3 Å². The van der Waals surface area contributed by atoms with Gasteiger partial charge in [-0.25, -0.2) is 0 Å². The van der Waals surface area contributed by atoms with Crippen LogP contribution in [0.4, 0.5) is 5.69 Å². The number of phenolic OH excluding ortho intramolecular Hbond substituents is 1. The molecule has 0 saturated carbocycles. The van der Waals surface area contributed by atoms with Gasteiger partial charge in [0.25, 0.3) is 0 Å². The summed E-state index contributed by atoms with van der Waals surface area (Å²) in [6.45, 7) is 13.8. The maximum absolute atomic E-state index is 10.1. The quantitative estimate of drug-likeness (QED) is 0.451. The number of allylic oxidation sites excluding steroid dienone is 4. The highest BCUT2D eigenvalue weighted by atomic mass is 16.3. The molecule has 3 atom stereocenters. The molecule has 36 heavy (non-hydrogen) atoms. The van der Waals surface area contributed by atoms with Crippen LogP contribution in [0.25, 0.3) is 0 Å². The molecule has 2 aromatic rings. The Bertz CT molecular complexity index is 1110. The number of aromatic hydroxyl groups is 1. The Balaban J connectivity index is 1.37. The molecule has 2 saturated heterocycles. The predicted octanol–water partition coefficient (Wildman–Crippen LogP) is 7.31. The van der Waals surface area contributed by atoms with Crippen LogP contribution >= 0.6 is 0 Å². The van der Waals surface area contributed by atoms with Crippen LogP contribution in [0.1, 0.15) is 76.0 Å². The summed E-state index contributed by atoms with van der Waals surface area (Å²) in [4.78, 5) is 5.28. The van der Waals surface area contributed by atoms with Crippen LogP contribution < -0.4 is 4.90 Å². The van der Waals surface area contributed by atoms with Gasteiger partial charge in [0.2, 0.25) is 0 Å². The molecule has 192 valence electrons. The number of rotatable bonds is 5. The number of hydrogen-bond donors (Lipinski definition) is 1. The first-order valence-corrected chi connectivity index (χ1v) is 14.2. The molecule has 1 N–H and O–H groups in total. The van der Waals surface area contributed by atoms with Gasteiger partial charge in [0.1, 0.15) is 5.75 Å². The van der Waals surface area contributed by atoms with E-state index in [1.165, 1.54) is 73.4 Å². The van der Waals surface area contributed by atoms with Gasteiger partial charge in [-0.3, -0.25) is 0 Å². The van der Waals surface area contributed by atoms with Crippen molar-refractivity contribution in [2.45, 2.75) is 71.8 Å². The van der Waals surface area contributed by atoms with Crippen molar-refractivity contribution in [2.75, 3.05) is 31.1 Å². The largest absolute Gasteiger partial charge is 0.508 e. The Morgan fingerprint density at radius 2 is 1.83 bits per heavy atom. The summed E-state index contributed by atoms with van der Waals surface area (Å²) in [5.74, 6) is 1.15. The molecule has 0 aromatic heterocycles. The second kappa shape index (κ2) is 10.5. The molecule has 0 radical (unpaired) electrons. The summed E-state index contributed by atoms with van der Waals surface area (Å²) in [5.41, 5.74) is 7.37. The third-order valence-electron chi connectivity index (χ3n) is 9.45. The van der Waals surface area contributed by atoms with Gasteiger partial charge in [-0.05, 0) is 117 Å². The summed E-state index contributed by atoms with van der Waals surface area (Å²) in [6.07, 6.45) is 12.8. The van der Waals surface area contributed by atoms with E-state index in [2.05, 4.69) is 86.1 Å². The van der Waals surface area contributed by atoms with Crippen LogP contribution in [0.15, 0.2) is 66.3 Å². The highest BCUT2D eigenvalue weighted by molar-refractivity contribution is 5.52. The number of fused-ring (bicyclic) bond motifs is 1. The topological polar surface area (TPSA) is 26.7 Å². The van der Waals surface area contributed by atoms with Crippen molar-refractivity contribution in [1.82, 2.24) is 4.90 Å². The van der Waals surface area contributed by atoms with E-state index in [0.717, 1.165) is 18.9 Å². The van der Waals surface area contributed by atoms with Gasteiger partial charge in [0.15, 0.2) is 0 Å². The Kier molecular flexibility index (Phi) is 7.30. The Labute approximate surface area is 218 Å². The predicted molar refractivity (Wildman–Crippen MR) is 152 cm³/mol. The minimum absolute atomic E-state index is 0.315. The molecule has 3 heteroatoms. The smallest absolute Gasteiger partial charge is 0.115 e. The molecule has 3 aliphatic rings. The fraction of sp³-hybridized carbons (Fsp3) is 0.515. The fourth-order valence-corrected chi connectivity index (χ4v) is 7.53. The summed E-state index contributed by atoms with van der Waals surface area (Å²) in [7, 11) is 0. The average molecular weight is 485 g/mol. The van der Waals surface area contributed by atoms with Crippen molar-refractivity contribution in [1.29, 1.82) is 0 Å². The molecule has 2 aromatic carbocycles. The SMILES string of the molecule is C/C=C\C(=C/C)[C@H]1CCc2cc(O)ccc2[C@H]1c1ccc(N2CCC3(CC2)C[C@H](C)N(CC)C3)cc1. The van der Waals surface area contributed by atoms with Crippen LogP contribution in [0.5, 0.6) is 5.75 Å². The van der Waals surface area contributed by atoms with Crippen LogP contribution in [0.2, 0.25) is 0 Å². The number of piperidine rings is 1. The molecule has 2 fully saturated rings. The lowest BCUT2D eigenvalue weighted by molar-refractivity contribution is 0.209. The molecule has 1 spiro atoms. The van der Waals surface area contributed by atoms with E-state index in [4.69, 9.17) is 0 Å². The van der Waals surface area contributed by atoms with Gasteiger partial charge < -0.3 is 14.9 Å². The van der Waals surface area contributed by atoms with Crippen molar-refractivity contribution in [3.05, 3.63) is 83.0 Å². The first-order chi connectivity index (χ1) is 17.5. The normalized spacial score (nSPS) is 26.6. The second-order valence-electron chi connectivity index (χ2n) is 11.5. The van der Waals surface area contributed by atoms with E-state index < -0.39 is 0 Å². The molecule has 2 aliphatic heterocycles. The van der Waals surface area contributed by atoms with Crippen molar-refractivity contribution in [3.63, 3.8) is 0 Å². The van der Waals surface area contributed by atoms with Gasteiger partial charge in [-0.15, -0.1) is 0 Å². The maximum Gasteiger partial charge on any atom is 0.115 e. The van der Waals surface area contributed by atoms with Crippen molar-refractivity contribution in [3.8, 4) is 5.75 Å². The zero-order valence-electron chi connectivity index (χ0n) is 22.7. The van der Waals surface area contributed by atoms with Crippen molar-refractivity contribution < 1.29 is 5.11 Å². The van der Waals surface area contributed by atoms with E-state index in [1.54, 1.807) is 0 Å². The summed E-state index contributed by atoms with van der Waals surface area (Å²) < 4.78 is 0. The Morgan fingerprint density at radius 3 is 2.47 bits per heavy atom. The van der Waals surface area contributed by atoms with Crippen LogP contribution in [0.3, 0.4) is 0 Å². The van der Waals surface area contributed by atoms with E-state index in [-0.39, 0.29) is 0 Å². The van der Waals surface area contributed by atoms with Gasteiger partial charge in [0.05, 0.1) is 0 Å². The van der Waals surface area contributed by atoms with Crippen molar-refractivity contribution in [2.24, 2.45) is 11.3 Å². The van der Waals surface area contributed by atoms with E-state index in [0.29, 0.717) is 23.0 Å². The molecule has 2 heterocycles. The zero-order valence-corrected chi connectivity index (χ0v) is 22.7. The van der Waals surface area contributed by atoms with Crippen LogP contribution in [-0.4, -0.2) is 42.2 Å². The molecular weight excluding hydrogens is 440 g/mol. The molecular formula is C33H44N2O. The maximum atomic E-state index is 10.1. The number of phenols is 1. The molecule has 0 bridgehead atoms. The second-order valence-corrected chi connectivity index (χ2v) is 11.5. The lowest BCUT2D eigenvalue weighted by Crippen LogP contribution is -2.41. The fourth-order valence-electron chi connectivity index (χ4n) is 7.53. The minimum Gasteiger partial charge on any atom is -0.508 e. The lowest BCUT2D eigenvalue weighted by atomic mass is 9.69. The average Bonchev–Trinajstić information content (AvgIpc) is 3.21. The first-order valence-electron chi connectivity index (χ1n) is 14.2. The number of nitrogens with zero attached hydrogens (tertiary/aromatic N) is 2. The van der Waals surface area contributed by atoms with E-state index >= 15 is 0 Å². The summed E-state index contributed by atoms with van der Waals surface area (Å²) in [5, 5.41) is 10.1. The number of likely N-dealkylation sites (tertiary alicyclic amines) is 1. The van der Waals surface area contributed by atoms with Crippen LogP contribution in [-0.2, 0) is 6.42 Å². The van der Waals surface area contributed by atoms with E-state index in [1.807, 2.05) is 12.1 Å². The number of aryl methyl sites for hydroxylation is 1. The number of anilines is 1. The Hall–Kier alpha value is -2.52. The minimum atomic E-state index is 0.315. The third kappa shape index (κ3) is 4.75. The van der Waals surface area contributed by atoms with Gasteiger partial charge in [-0.2, -0.15) is 0 Å². The zero-order chi connectivity index (χ0) is 25.3. The first kappa shape index (κ1) is 25.1. The monoisotopic (exact) mass is 484 g/mol. The summed E-state index contributed by atoms with van der Waals surface area (Å²) >= 11 is 0. The highest BCUT2D eigenvalue weighted by Gasteiger charge is 2.43.